The highest BCUT2D eigenvalue weighted by atomic mass is 19.3. The summed E-state index contributed by atoms with van der Waals surface area (Å²) < 4.78 is 23.5. The van der Waals surface area contributed by atoms with Crippen molar-refractivity contribution in [2.45, 2.75) is 33.1 Å². The van der Waals surface area contributed by atoms with Gasteiger partial charge in [-0.05, 0) is 12.3 Å². The van der Waals surface area contributed by atoms with Crippen LogP contribution >= 0.6 is 0 Å². The van der Waals surface area contributed by atoms with Crippen molar-refractivity contribution >= 4 is 0 Å². The molecule has 0 heterocycles. The maximum absolute atomic E-state index is 11.7. The second-order valence-corrected chi connectivity index (χ2v) is 2.54. The lowest BCUT2D eigenvalue weighted by Crippen LogP contribution is -2.03. The Balaban J connectivity index is 3.61. The zero-order valence-electron chi connectivity index (χ0n) is 6.53. The average Bonchev–Trinajstić information content (AvgIpc) is 1.85. The van der Waals surface area contributed by atoms with Gasteiger partial charge in [-0.1, -0.05) is 26.0 Å². The zero-order valence-corrected chi connectivity index (χ0v) is 6.53. The molecule has 0 bridgehead atoms. The SMILES string of the molecule is C=C(CC)[C@H](C)CC(F)F. The van der Waals surface area contributed by atoms with Gasteiger partial charge in [0.15, 0.2) is 0 Å². The first kappa shape index (κ1) is 9.60. The van der Waals surface area contributed by atoms with Crippen LogP contribution in [0, 0.1) is 5.92 Å². The summed E-state index contributed by atoms with van der Waals surface area (Å²) in [7, 11) is 0. The highest BCUT2D eigenvalue weighted by Crippen LogP contribution is 2.19. The van der Waals surface area contributed by atoms with Crippen molar-refractivity contribution in [3.63, 3.8) is 0 Å². The van der Waals surface area contributed by atoms with Crippen LogP contribution in [0.15, 0.2) is 12.2 Å². The molecule has 2 heteroatoms. The van der Waals surface area contributed by atoms with E-state index in [1.54, 1.807) is 6.92 Å². The van der Waals surface area contributed by atoms with E-state index in [2.05, 4.69) is 6.58 Å². The van der Waals surface area contributed by atoms with E-state index in [-0.39, 0.29) is 12.3 Å². The minimum absolute atomic E-state index is 0.0370. The number of halogens is 2. The minimum atomic E-state index is -2.20. The molecule has 0 aromatic heterocycles. The molecule has 0 unspecified atom stereocenters. The lowest BCUT2D eigenvalue weighted by Gasteiger charge is -2.11. The standard InChI is InChI=1S/C8H14F2/c1-4-6(2)7(3)5-8(9)10/h7-8H,2,4-5H2,1,3H3/t7-/m1/s1. The van der Waals surface area contributed by atoms with E-state index in [4.69, 9.17) is 0 Å². The Morgan fingerprint density at radius 3 is 2.30 bits per heavy atom. The molecule has 0 saturated carbocycles. The molecular formula is C8H14F2. The monoisotopic (exact) mass is 148 g/mol. The lowest BCUT2D eigenvalue weighted by molar-refractivity contribution is 0.124. The fourth-order valence-corrected chi connectivity index (χ4v) is 0.782. The first-order valence-corrected chi connectivity index (χ1v) is 3.53. The van der Waals surface area contributed by atoms with Crippen molar-refractivity contribution in [2.24, 2.45) is 5.92 Å². The molecule has 60 valence electrons. The van der Waals surface area contributed by atoms with E-state index in [0.29, 0.717) is 0 Å². The molecule has 0 nitrogen and oxygen atoms in total. The molecule has 1 atom stereocenters. The summed E-state index contributed by atoms with van der Waals surface area (Å²) in [5.74, 6) is -0.0370. The summed E-state index contributed by atoms with van der Waals surface area (Å²) in [6, 6.07) is 0. The number of allylic oxidation sites excluding steroid dienone is 1. The summed E-state index contributed by atoms with van der Waals surface area (Å²) in [5.41, 5.74) is 0.917. The van der Waals surface area contributed by atoms with Crippen LogP contribution in [-0.4, -0.2) is 6.43 Å². The molecule has 0 saturated heterocycles. The van der Waals surface area contributed by atoms with Crippen molar-refractivity contribution in [2.75, 3.05) is 0 Å². The highest BCUT2D eigenvalue weighted by molar-refractivity contribution is 4.97. The van der Waals surface area contributed by atoms with Crippen molar-refractivity contribution in [1.29, 1.82) is 0 Å². The van der Waals surface area contributed by atoms with Gasteiger partial charge < -0.3 is 0 Å². The van der Waals surface area contributed by atoms with Gasteiger partial charge in [0.2, 0.25) is 6.43 Å². The number of hydrogen-bond donors (Lipinski definition) is 0. The molecule has 0 rings (SSSR count). The van der Waals surface area contributed by atoms with Gasteiger partial charge in [0.05, 0.1) is 0 Å². The summed E-state index contributed by atoms with van der Waals surface area (Å²) in [4.78, 5) is 0. The first-order chi connectivity index (χ1) is 4.57. The quantitative estimate of drug-likeness (QED) is 0.537. The van der Waals surface area contributed by atoms with Crippen LogP contribution in [-0.2, 0) is 0 Å². The molecule has 0 fully saturated rings. The second kappa shape index (κ2) is 4.42. The van der Waals surface area contributed by atoms with E-state index < -0.39 is 6.43 Å². The normalized spacial score (nSPS) is 13.7. The Kier molecular flexibility index (Phi) is 4.24. The second-order valence-electron chi connectivity index (χ2n) is 2.54. The van der Waals surface area contributed by atoms with Crippen molar-refractivity contribution in [3.8, 4) is 0 Å². The van der Waals surface area contributed by atoms with Gasteiger partial charge in [-0.25, -0.2) is 8.78 Å². The Morgan fingerprint density at radius 2 is 2.00 bits per heavy atom. The molecular weight excluding hydrogens is 134 g/mol. The van der Waals surface area contributed by atoms with Gasteiger partial charge >= 0.3 is 0 Å². The van der Waals surface area contributed by atoms with Crippen LogP contribution < -0.4 is 0 Å². The van der Waals surface area contributed by atoms with Crippen molar-refractivity contribution < 1.29 is 8.78 Å². The molecule has 0 aliphatic rings. The van der Waals surface area contributed by atoms with E-state index in [1.807, 2.05) is 6.92 Å². The Morgan fingerprint density at radius 1 is 1.50 bits per heavy atom. The van der Waals surface area contributed by atoms with E-state index in [1.165, 1.54) is 0 Å². The molecule has 0 aliphatic heterocycles. The van der Waals surface area contributed by atoms with Gasteiger partial charge in [-0.2, -0.15) is 0 Å². The first-order valence-electron chi connectivity index (χ1n) is 3.53. The van der Waals surface area contributed by atoms with Crippen LogP contribution in [0.2, 0.25) is 0 Å². The largest absolute Gasteiger partial charge is 0.239 e. The van der Waals surface area contributed by atoms with Gasteiger partial charge in [0.1, 0.15) is 0 Å². The Hall–Kier alpha value is -0.400. The molecule has 10 heavy (non-hydrogen) atoms. The topological polar surface area (TPSA) is 0 Å². The fourth-order valence-electron chi connectivity index (χ4n) is 0.782. The highest BCUT2D eigenvalue weighted by Gasteiger charge is 2.11. The van der Waals surface area contributed by atoms with Gasteiger partial charge in [0.25, 0.3) is 0 Å². The number of rotatable bonds is 4. The van der Waals surface area contributed by atoms with Crippen LogP contribution in [0.5, 0.6) is 0 Å². The molecule has 0 spiro atoms. The average molecular weight is 148 g/mol. The van der Waals surface area contributed by atoms with E-state index in [0.717, 1.165) is 12.0 Å². The van der Waals surface area contributed by atoms with Gasteiger partial charge in [0, 0.05) is 6.42 Å². The molecule has 0 amide bonds. The molecule has 0 aromatic carbocycles. The summed E-state index contributed by atoms with van der Waals surface area (Å²) in [5, 5.41) is 0. The molecule has 0 aliphatic carbocycles. The Labute approximate surface area is 60.9 Å². The van der Waals surface area contributed by atoms with Crippen LogP contribution in [0.1, 0.15) is 26.7 Å². The van der Waals surface area contributed by atoms with Crippen LogP contribution in [0.4, 0.5) is 8.78 Å². The fraction of sp³-hybridized carbons (Fsp3) is 0.750. The third kappa shape index (κ3) is 3.59. The summed E-state index contributed by atoms with van der Waals surface area (Å²) in [6.45, 7) is 7.42. The maximum Gasteiger partial charge on any atom is 0.239 e. The maximum atomic E-state index is 11.7. The Bertz CT molecular complexity index is 108. The summed E-state index contributed by atoms with van der Waals surface area (Å²) in [6.07, 6.45) is -1.45. The van der Waals surface area contributed by atoms with Crippen LogP contribution in [0.25, 0.3) is 0 Å². The predicted molar refractivity (Wildman–Crippen MR) is 39.2 cm³/mol. The van der Waals surface area contributed by atoms with Crippen molar-refractivity contribution in [1.82, 2.24) is 0 Å². The third-order valence-corrected chi connectivity index (χ3v) is 1.68. The molecule has 0 aromatic rings. The zero-order chi connectivity index (χ0) is 8.15. The van der Waals surface area contributed by atoms with E-state index in [9.17, 15) is 8.78 Å². The predicted octanol–water partition coefficient (Wildman–Crippen LogP) is 3.24. The third-order valence-electron chi connectivity index (χ3n) is 1.68. The number of alkyl halides is 2. The lowest BCUT2D eigenvalue weighted by atomic mass is 9.97. The van der Waals surface area contributed by atoms with Crippen LogP contribution in [0.3, 0.4) is 0 Å². The van der Waals surface area contributed by atoms with Crippen molar-refractivity contribution in [3.05, 3.63) is 12.2 Å². The van der Waals surface area contributed by atoms with Gasteiger partial charge in [-0.3, -0.25) is 0 Å². The minimum Gasteiger partial charge on any atom is -0.211 e. The smallest absolute Gasteiger partial charge is 0.211 e. The number of hydrogen-bond acceptors (Lipinski definition) is 0. The summed E-state index contributed by atoms with van der Waals surface area (Å²) >= 11 is 0. The molecule has 0 radical (unpaired) electrons. The molecule has 0 N–H and O–H groups in total. The van der Waals surface area contributed by atoms with Gasteiger partial charge in [-0.15, -0.1) is 0 Å². The van der Waals surface area contributed by atoms with E-state index >= 15 is 0 Å².